The largest absolute Gasteiger partial charge is 0.391 e. The molecule has 1 aliphatic rings. The Morgan fingerprint density at radius 2 is 2.19 bits per heavy atom. The number of carbonyl (C=O) groups excluding carboxylic acids is 1. The summed E-state index contributed by atoms with van der Waals surface area (Å²) in [5, 5.41) is 17.8. The van der Waals surface area contributed by atoms with E-state index in [9.17, 15) is 9.90 Å². The molecule has 0 spiro atoms. The second-order valence-corrected chi connectivity index (χ2v) is 8.11. The van der Waals surface area contributed by atoms with Crippen LogP contribution < -0.4 is 5.32 Å². The molecule has 1 amide bonds. The first-order chi connectivity index (χ1) is 13.0. The average Bonchev–Trinajstić information content (AvgIpc) is 3.31. The summed E-state index contributed by atoms with van der Waals surface area (Å²) in [6, 6.07) is -0.154. The molecular weight excluding hydrogens is 362 g/mol. The molecule has 0 radical (unpaired) electrons. The Labute approximate surface area is 163 Å². The smallest absolute Gasteiger partial charge is 0.263 e. The lowest BCUT2D eigenvalue weighted by Crippen LogP contribution is -2.39. The van der Waals surface area contributed by atoms with Gasteiger partial charge in [0.1, 0.15) is 15.6 Å². The number of nitrogens with zero attached hydrogens (tertiary/aromatic N) is 2. The van der Waals surface area contributed by atoms with Crippen molar-refractivity contribution in [3.8, 4) is 0 Å². The summed E-state index contributed by atoms with van der Waals surface area (Å²) in [5.74, 6) is 0.638. The van der Waals surface area contributed by atoms with E-state index in [4.69, 9.17) is 4.52 Å². The van der Waals surface area contributed by atoms with Gasteiger partial charge in [-0.25, -0.2) is 4.98 Å². The molecule has 6 nitrogen and oxygen atoms in total. The van der Waals surface area contributed by atoms with Crippen molar-refractivity contribution >= 4 is 29.4 Å². The molecule has 0 aliphatic heterocycles. The second-order valence-electron chi connectivity index (χ2n) is 7.08. The van der Waals surface area contributed by atoms with Crippen LogP contribution in [0.4, 0.5) is 0 Å². The van der Waals surface area contributed by atoms with Gasteiger partial charge in [-0.05, 0) is 58.1 Å². The number of rotatable bonds is 7. The molecule has 2 aromatic heterocycles. The fraction of sp³-hybridized carbons (Fsp3) is 0.550. The molecule has 27 heavy (non-hydrogen) atoms. The van der Waals surface area contributed by atoms with Gasteiger partial charge in [0, 0.05) is 5.56 Å². The number of hydrogen-bond donors (Lipinski definition) is 2. The molecule has 1 aliphatic carbocycles. The molecule has 1 unspecified atom stereocenters. The minimum Gasteiger partial charge on any atom is -0.391 e. The highest BCUT2D eigenvalue weighted by atomic mass is 32.1. The van der Waals surface area contributed by atoms with Crippen molar-refractivity contribution in [3.05, 3.63) is 32.6 Å². The minimum atomic E-state index is -0.445. The van der Waals surface area contributed by atoms with Gasteiger partial charge in [-0.15, -0.1) is 11.3 Å². The maximum Gasteiger partial charge on any atom is 0.263 e. The van der Waals surface area contributed by atoms with Crippen molar-refractivity contribution < 1.29 is 14.4 Å². The van der Waals surface area contributed by atoms with Gasteiger partial charge in [0.2, 0.25) is 0 Å². The van der Waals surface area contributed by atoms with E-state index in [0.717, 1.165) is 60.6 Å². The van der Waals surface area contributed by atoms with Crippen LogP contribution >= 0.6 is 11.3 Å². The number of unbranched alkanes of at least 4 members (excludes halogenated alkanes) is 1. The molecule has 2 heterocycles. The van der Waals surface area contributed by atoms with Gasteiger partial charge < -0.3 is 14.9 Å². The van der Waals surface area contributed by atoms with Crippen LogP contribution in [0.1, 0.15) is 76.4 Å². The molecule has 1 fully saturated rings. The summed E-state index contributed by atoms with van der Waals surface area (Å²) in [7, 11) is 0. The quantitative estimate of drug-likeness (QED) is 0.750. The first-order valence-electron chi connectivity index (χ1n) is 9.59. The SMILES string of the molecule is CCCCc1noc(C)c1C=Cc1nc(C)c(C(=O)NC2CCC[C@@H]2O)s1. The first kappa shape index (κ1) is 19.8. The average molecular weight is 390 g/mol. The summed E-state index contributed by atoms with van der Waals surface area (Å²) < 4.78 is 5.33. The van der Waals surface area contributed by atoms with Gasteiger partial charge in [-0.3, -0.25) is 4.79 Å². The first-order valence-corrected chi connectivity index (χ1v) is 10.4. The number of hydrogen-bond acceptors (Lipinski definition) is 6. The number of aliphatic hydroxyl groups excluding tert-OH is 1. The molecule has 2 aromatic rings. The third-order valence-corrected chi connectivity index (χ3v) is 6.08. The Balaban J connectivity index is 1.72. The summed E-state index contributed by atoms with van der Waals surface area (Å²) in [4.78, 5) is 17.6. The van der Waals surface area contributed by atoms with Crippen molar-refractivity contribution in [2.75, 3.05) is 0 Å². The van der Waals surface area contributed by atoms with Crippen LogP contribution in [-0.2, 0) is 6.42 Å². The van der Waals surface area contributed by atoms with E-state index >= 15 is 0 Å². The van der Waals surface area contributed by atoms with Crippen LogP contribution in [0.5, 0.6) is 0 Å². The second kappa shape index (κ2) is 8.80. The van der Waals surface area contributed by atoms with Crippen molar-refractivity contribution in [2.45, 2.75) is 71.4 Å². The molecule has 2 N–H and O–H groups in total. The van der Waals surface area contributed by atoms with E-state index in [1.165, 1.54) is 11.3 Å². The van der Waals surface area contributed by atoms with E-state index in [1.54, 1.807) is 0 Å². The zero-order valence-electron chi connectivity index (χ0n) is 16.1. The van der Waals surface area contributed by atoms with Crippen molar-refractivity contribution in [2.24, 2.45) is 0 Å². The van der Waals surface area contributed by atoms with Crippen LogP contribution in [-0.4, -0.2) is 33.3 Å². The highest BCUT2D eigenvalue weighted by Crippen LogP contribution is 2.24. The summed E-state index contributed by atoms with van der Waals surface area (Å²) in [5.41, 5.74) is 2.67. The number of aryl methyl sites for hydroxylation is 3. The number of thiazole rings is 1. The molecule has 146 valence electrons. The Bertz CT molecular complexity index is 825. The number of aliphatic hydroxyl groups is 1. The number of amides is 1. The zero-order valence-corrected chi connectivity index (χ0v) is 16.9. The lowest BCUT2D eigenvalue weighted by atomic mass is 10.1. The Hall–Kier alpha value is -1.99. The third-order valence-electron chi connectivity index (χ3n) is 4.96. The van der Waals surface area contributed by atoms with Crippen LogP contribution in [0, 0.1) is 13.8 Å². The maximum atomic E-state index is 12.5. The van der Waals surface area contributed by atoms with Crippen LogP contribution in [0.15, 0.2) is 4.52 Å². The standard InChI is InChI=1S/C20H27N3O3S/c1-4-5-7-15-14(13(3)26-23-15)10-11-18-21-12(2)19(27-18)20(25)22-16-8-6-9-17(16)24/h10-11,16-17,24H,4-9H2,1-3H3,(H,22,25)/t16?,17-/m0/s1. The number of aromatic nitrogens is 2. The molecular formula is C20H27N3O3S. The Morgan fingerprint density at radius 3 is 2.89 bits per heavy atom. The Kier molecular flexibility index (Phi) is 6.44. The van der Waals surface area contributed by atoms with E-state index in [1.807, 2.05) is 26.0 Å². The van der Waals surface area contributed by atoms with Crippen LogP contribution in [0.25, 0.3) is 12.2 Å². The van der Waals surface area contributed by atoms with E-state index < -0.39 is 6.10 Å². The fourth-order valence-electron chi connectivity index (χ4n) is 3.36. The predicted molar refractivity (Wildman–Crippen MR) is 107 cm³/mol. The topological polar surface area (TPSA) is 88.2 Å². The summed E-state index contributed by atoms with van der Waals surface area (Å²) in [6.07, 6.45) is 9.02. The molecule has 2 atom stereocenters. The van der Waals surface area contributed by atoms with E-state index in [-0.39, 0.29) is 11.9 Å². The lowest BCUT2D eigenvalue weighted by molar-refractivity contribution is 0.0876. The van der Waals surface area contributed by atoms with Crippen molar-refractivity contribution in [3.63, 3.8) is 0 Å². The van der Waals surface area contributed by atoms with Crippen LogP contribution in [0.3, 0.4) is 0 Å². The van der Waals surface area contributed by atoms with Gasteiger partial charge in [0.25, 0.3) is 5.91 Å². The van der Waals surface area contributed by atoms with Crippen molar-refractivity contribution in [1.29, 1.82) is 0 Å². The molecule has 0 bridgehead atoms. The Morgan fingerprint density at radius 1 is 1.37 bits per heavy atom. The minimum absolute atomic E-state index is 0.152. The van der Waals surface area contributed by atoms with Gasteiger partial charge in [-0.1, -0.05) is 18.5 Å². The predicted octanol–water partition coefficient (Wildman–Crippen LogP) is 3.90. The molecule has 1 saturated carbocycles. The van der Waals surface area contributed by atoms with E-state index in [2.05, 4.69) is 22.4 Å². The highest BCUT2D eigenvalue weighted by Gasteiger charge is 2.28. The highest BCUT2D eigenvalue weighted by molar-refractivity contribution is 7.14. The van der Waals surface area contributed by atoms with Gasteiger partial charge in [-0.2, -0.15) is 0 Å². The molecule has 3 rings (SSSR count). The van der Waals surface area contributed by atoms with Crippen LogP contribution in [0.2, 0.25) is 0 Å². The third kappa shape index (κ3) is 4.65. The lowest BCUT2D eigenvalue weighted by Gasteiger charge is -2.15. The van der Waals surface area contributed by atoms with Gasteiger partial charge in [0.15, 0.2) is 0 Å². The van der Waals surface area contributed by atoms with Gasteiger partial charge in [0.05, 0.1) is 23.5 Å². The van der Waals surface area contributed by atoms with Gasteiger partial charge >= 0.3 is 0 Å². The number of carbonyl (C=O) groups is 1. The normalized spacial score (nSPS) is 19.9. The van der Waals surface area contributed by atoms with E-state index in [0.29, 0.717) is 10.6 Å². The summed E-state index contributed by atoms with van der Waals surface area (Å²) >= 11 is 1.36. The number of nitrogens with one attached hydrogen (secondary N) is 1. The molecule has 7 heteroatoms. The molecule has 0 aromatic carbocycles. The monoisotopic (exact) mass is 389 g/mol. The summed E-state index contributed by atoms with van der Waals surface area (Å²) in [6.45, 7) is 5.89. The fourth-order valence-corrected chi connectivity index (χ4v) is 4.23. The molecule has 0 saturated heterocycles. The maximum absolute atomic E-state index is 12.5. The zero-order chi connectivity index (χ0) is 19.4. The van der Waals surface area contributed by atoms with Crippen molar-refractivity contribution in [1.82, 2.24) is 15.5 Å².